The third-order valence-corrected chi connectivity index (χ3v) is 3.96. The molecule has 0 aromatic rings. The minimum Gasteiger partial charge on any atom is -1.00 e. The second-order valence-electron chi connectivity index (χ2n) is 6.26. The number of quaternary nitrogens is 1. The molecule has 1 aliphatic rings. The van der Waals surface area contributed by atoms with Crippen LogP contribution in [0.25, 0.3) is 0 Å². The van der Waals surface area contributed by atoms with Crippen molar-refractivity contribution in [1.29, 1.82) is 0 Å². The van der Waals surface area contributed by atoms with E-state index < -0.39 is 0 Å². The van der Waals surface area contributed by atoms with Gasteiger partial charge in [-0.15, -0.1) is 0 Å². The SMILES string of the molecule is CCCCCCCCC1(C[NH+](C)C)C=CC=CC1.[Cl-]. The van der Waals surface area contributed by atoms with Crippen LogP contribution in [-0.2, 0) is 0 Å². The van der Waals surface area contributed by atoms with Crippen LogP contribution >= 0.6 is 0 Å². The molecule has 0 saturated heterocycles. The monoisotopic (exact) mass is 285 g/mol. The Labute approximate surface area is 126 Å². The number of nitrogens with one attached hydrogen (secondary N) is 1. The number of hydrogen-bond acceptors (Lipinski definition) is 0. The fraction of sp³-hybridized carbons (Fsp3) is 0.765. The molecule has 0 fully saturated rings. The molecule has 1 atom stereocenters. The van der Waals surface area contributed by atoms with Crippen LogP contribution in [0.5, 0.6) is 0 Å². The van der Waals surface area contributed by atoms with Gasteiger partial charge in [-0.25, -0.2) is 0 Å². The molecule has 0 heterocycles. The lowest BCUT2D eigenvalue weighted by molar-refractivity contribution is -0.864. The Hall–Kier alpha value is -0.270. The fourth-order valence-corrected chi connectivity index (χ4v) is 3.08. The van der Waals surface area contributed by atoms with E-state index in [9.17, 15) is 0 Å². The van der Waals surface area contributed by atoms with Crippen LogP contribution in [0.1, 0.15) is 58.3 Å². The van der Waals surface area contributed by atoms with E-state index in [4.69, 9.17) is 0 Å². The fourth-order valence-electron chi connectivity index (χ4n) is 3.08. The van der Waals surface area contributed by atoms with Gasteiger partial charge < -0.3 is 17.3 Å². The zero-order valence-electron chi connectivity index (χ0n) is 13.1. The molecule has 0 radical (unpaired) electrons. The molecule has 1 nitrogen and oxygen atoms in total. The first kappa shape index (κ1) is 18.7. The van der Waals surface area contributed by atoms with Gasteiger partial charge in [0.15, 0.2) is 0 Å². The average Bonchev–Trinajstić information content (AvgIpc) is 2.34. The summed E-state index contributed by atoms with van der Waals surface area (Å²) in [6, 6.07) is 0. The summed E-state index contributed by atoms with van der Waals surface area (Å²) in [5.74, 6) is 0. The molecule has 0 spiro atoms. The first-order valence-electron chi connectivity index (χ1n) is 7.82. The van der Waals surface area contributed by atoms with Crippen molar-refractivity contribution in [2.75, 3.05) is 20.6 Å². The van der Waals surface area contributed by atoms with E-state index in [2.05, 4.69) is 45.3 Å². The molecule has 0 amide bonds. The molecule has 0 aliphatic heterocycles. The smallest absolute Gasteiger partial charge is 0.0862 e. The predicted octanol–water partition coefficient (Wildman–Crippen LogP) is 0.388. The summed E-state index contributed by atoms with van der Waals surface area (Å²) in [6.07, 6.45) is 20.3. The van der Waals surface area contributed by atoms with Crippen LogP contribution in [-0.4, -0.2) is 20.6 Å². The van der Waals surface area contributed by atoms with E-state index in [0.717, 1.165) is 0 Å². The molecule has 1 aliphatic carbocycles. The van der Waals surface area contributed by atoms with Crippen molar-refractivity contribution in [2.45, 2.75) is 58.3 Å². The van der Waals surface area contributed by atoms with E-state index in [0.29, 0.717) is 5.41 Å². The standard InChI is InChI=1S/C17H31N.ClH/c1-4-5-6-7-8-10-13-17(16-18(2)3)14-11-9-12-15-17;/h9,11-12,14H,4-8,10,13,15-16H2,1-3H3;1H. The number of rotatable bonds is 9. The van der Waals surface area contributed by atoms with E-state index in [1.165, 1.54) is 57.9 Å². The third kappa shape index (κ3) is 7.79. The molecule has 1 rings (SSSR count). The molecule has 19 heavy (non-hydrogen) atoms. The number of halogens is 1. The molecule has 0 aromatic carbocycles. The Bertz CT molecular complexity index is 270. The normalized spacial score (nSPS) is 21.7. The molecule has 2 heteroatoms. The van der Waals surface area contributed by atoms with Crippen LogP contribution in [0.15, 0.2) is 24.3 Å². The van der Waals surface area contributed by atoms with Crippen LogP contribution in [0.4, 0.5) is 0 Å². The first-order chi connectivity index (χ1) is 8.68. The predicted molar refractivity (Wildman–Crippen MR) is 81.0 cm³/mol. The minimum absolute atomic E-state index is 0. The first-order valence-corrected chi connectivity index (χ1v) is 7.82. The summed E-state index contributed by atoms with van der Waals surface area (Å²) in [4.78, 5) is 1.57. The largest absolute Gasteiger partial charge is 1.00 e. The molecule has 1 N–H and O–H groups in total. The summed E-state index contributed by atoms with van der Waals surface area (Å²) < 4.78 is 0. The van der Waals surface area contributed by atoms with Gasteiger partial charge in [-0.1, -0.05) is 69.8 Å². The zero-order chi connectivity index (χ0) is 13.3. The van der Waals surface area contributed by atoms with Gasteiger partial charge >= 0.3 is 0 Å². The van der Waals surface area contributed by atoms with Gasteiger partial charge in [-0.3, -0.25) is 0 Å². The van der Waals surface area contributed by atoms with Crippen LogP contribution < -0.4 is 17.3 Å². The number of unbranched alkanes of at least 4 members (excludes halogenated alkanes) is 5. The highest BCUT2D eigenvalue weighted by Crippen LogP contribution is 2.32. The van der Waals surface area contributed by atoms with Crippen molar-refractivity contribution in [2.24, 2.45) is 5.41 Å². The maximum Gasteiger partial charge on any atom is 0.0862 e. The van der Waals surface area contributed by atoms with Gasteiger partial charge in [-0.2, -0.15) is 0 Å². The van der Waals surface area contributed by atoms with Crippen molar-refractivity contribution < 1.29 is 17.3 Å². The summed E-state index contributed by atoms with van der Waals surface area (Å²) >= 11 is 0. The third-order valence-electron chi connectivity index (χ3n) is 3.96. The molecular weight excluding hydrogens is 254 g/mol. The second-order valence-corrected chi connectivity index (χ2v) is 6.26. The highest BCUT2D eigenvalue weighted by Gasteiger charge is 2.29. The van der Waals surface area contributed by atoms with Gasteiger partial charge in [0, 0.05) is 5.41 Å². The molecule has 0 saturated carbocycles. The summed E-state index contributed by atoms with van der Waals surface area (Å²) in [5.41, 5.74) is 0.443. The minimum atomic E-state index is 0. The van der Waals surface area contributed by atoms with E-state index >= 15 is 0 Å². The lowest BCUT2D eigenvalue weighted by Gasteiger charge is -2.32. The quantitative estimate of drug-likeness (QED) is 0.585. The average molecular weight is 286 g/mol. The summed E-state index contributed by atoms with van der Waals surface area (Å²) in [6.45, 7) is 3.55. The Kier molecular flexibility index (Phi) is 10.4. The lowest BCUT2D eigenvalue weighted by Crippen LogP contribution is -3.07. The summed E-state index contributed by atoms with van der Waals surface area (Å²) in [5, 5.41) is 0. The van der Waals surface area contributed by atoms with Gasteiger partial charge in [0.1, 0.15) is 0 Å². The van der Waals surface area contributed by atoms with Gasteiger partial charge in [0.2, 0.25) is 0 Å². The Balaban J connectivity index is 0.00000324. The van der Waals surface area contributed by atoms with Gasteiger partial charge in [0.25, 0.3) is 0 Å². The van der Waals surface area contributed by atoms with Crippen molar-refractivity contribution in [3.05, 3.63) is 24.3 Å². The zero-order valence-corrected chi connectivity index (χ0v) is 13.8. The molecule has 0 bridgehead atoms. The maximum atomic E-state index is 2.46. The Morgan fingerprint density at radius 3 is 2.26 bits per heavy atom. The van der Waals surface area contributed by atoms with Crippen molar-refractivity contribution >= 4 is 0 Å². The van der Waals surface area contributed by atoms with Crippen LogP contribution in [0.2, 0.25) is 0 Å². The van der Waals surface area contributed by atoms with Gasteiger partial charge in [0.05, 0.1) is 20.6 Å². The number of hydrogen-bond donors (Lipinski definition) is 1. The topological polar surface area (TPSA) is 4.44 Å². The highest BCUT2D eigenvalue weighted by molar-refractivity contribution is 5.16. The molecular formula is C17H32ClN. The second kappa shape index (κ2) is 10.5. The van der Waals surface area contributed by atoms with Gasteiger partial charge in [-0.05, 0) is 12.8 Å². The maximum absolute atomic E-state index is 2.46. The van der Waals surface area contributed by atoms with E-state index in [1.54, 1.807) is 4.90 Å². The van der Waals surface area contributed by atoms with Crippen LogP contribution in [0, 0.1) is 5.41 Å². The Morgan fingerprint density at radius 2 is 1.68 bits per heavy atom. The van der Waals surface area contributed by atoms with E-state index in [-0.39, 0.29) is 12.4 Å². The highest BCUT2D eigenvalue weighted by atomic mass is 35.5. The van der Waals surface area contributed by atoms with E-state index in [1.807, 2.05) is 0 Å². The molecule has 1 unspecified atom stereocenters. The molecule has 112 valence electrons. The lowest BCUT2D eigenvalue weighted by atomic mass is 9.77. The Morgan fingerprint density at radius 1 is 1.00 bits per heavy atom. The van der Waals surface area contributed by atoms with Crippen LogP contribution in [0.3, 0.4) is 0 Å². The van der Waals surface area contributed by atoms with Crippen molar-refractivity contribution in [3.63, 3.8) is 0 Å². The number of allylic oxidation sites excluding steroid dienone is 3. The van der Waals surface area contributed by atoms with Crippen molar-refractivity contribution in [3.8, 4) is 0 Å². The summed E-state index contributed by atoms with van der Waals surface area (Å²) in [7, 11) is 4.55. The molecule has 0 aromatic heterocycles. The van der Waals surface area contributed by atoms with Crippen molar-refractivity contribution in [1.82, 2.24) is 0 Å².